The van der Waals surface area contributed by atoms with Crippen LogP contribution in [0.2, 0.25) is 0 Å². The van der Waals surface area contributed by atoms with Crippen LogP contribution >= 0.6 is 0 Å². The minimum atomic E-state index is 0.904. The zero-order chi connectivity index (χ0) is 33.3. The van der Waals surface area contributed by atoms with Gasteiger partial charge in [-0.05, 0) is 5.92 Å². The first-order valence-corrected chi connectivity index (χ1v) is 22.6. The minimum absolute atomic E-state index is 0.904. The molecule has 0 spiro atoms. The second-order valence-corrected chi connectivity index (χ2v) is 15.8. The summed E-state index contributed by atoms with van der Waals surface area (Å²) in [6, 6.07) is 0. The quantitative estimate of drug-likeness (QED) is 0.0579. The van der Waals surface area contributed by atoms with E-state index in [4.69, 9.17) is 0 Å². The Morgan fingerprint density at radius 3 is 0.543 bits per heavy atom. The van der Waals surface area contributed by atoms with Gasteiger partial charge in [-0.15, -0.1) is 0 Å². The summed E-state index contributed by atoms with van der Waals surface area (Å²) < 4.78 is 0. The number of hydrogen-bond donors (Lipinski definition) is 0. The molecule has 1 radical (unpaired) electrons. The minimum Gasteiger partial charge on any atom is -0.0654 e. The van der Waals surface area contributed by atoms with Gasteiger partial charge in [0.2, 0.25) is 0 Å². The van der Waals surface area contributed by atoms with Crippen LogP contribution < -0.4 is 0 Å². The topological polar surface area (TPSA) is 0 Å². The van der Waals surface area contributed by atoms with E-state index < -0.39 is 0 Å². The molecule has 0 aliphatic heterocycles. The molecule has 1 unspecified atom stereocenters. The molecule has 277 valence electrons. The first-order valence-electron chi connectivity index (χ1n) is 22.6. The lowest BCUT2D eigenvalue weighted by molar-refractivity contribution is 0.404. The lowest BCUT2D eigenvalue weighted by Crippen LogP contribution is -1.99. The van der Waals surface area contributed by atoms with Gasteiger partial charge < -0.3 is 0 Å². The van der Waals surface area contributed by atoms with E-state index >= 15 is 0 Å². The van der Waals surface area contributed by atoms with Gasteiger partial charge in [0, 0.05) is 0 Å². The summed E-state index contributed by atoms with van der Waals surface area (Å²) in [6.45, 7) is 8.91. The standard InChI is InChI=1S/C46H93/c1-4-7-9-11-13-15-17-19-21-23-25-27-29-31-33-35-37-39-41-43-45-46(6-3)44-42-40-38-36-34-32-30-28-26-24-22-20-18-16-14-12-10-8-5-2/h46H,3-45H2,1-2H3. The number of unbranched alkanes of at least 4 members (excludes halogenated alkanes) is 37. The molecule has 0 N–H and O–H groups in total. The van der Waals surface area contributed by atoms with Crippen molar-refractivity contribution >= 4 is 0 Å². The van der Waals surface area contributed by atoms with Crippen LogP contribution in [0, 0.1) is 12.8 Å². The Balaban J connectivity index is 3.23. The monoisotopic (exact) mass is 646 g/mol. The van der Waals surface area contributed by atoms with Crippen molar-refractivity contribution in [2.45, 2.75) is 284 Å². The second-order valence-electron chi connectivity index (χ2n) is 15.8. The van der Waals surface area contributed by atoms with Gasteiger partial charge in [-0.25, -0.2) is 0 Å². The van der Waals surface area contributed by atoms with Crippen LogP contribution in [0.25, 0.3) is 0 Å². The Morgan fingerprint density at radius 2 is 0.391 bits per heavy atom. The maximum Gasteiger partial charge on any atom is -0.0414 e. The van der Waals surface area contributed by atoms with E-state index in [1.54, 1.807) is 0 Å². The summed E-state index contributed by atoms with van der Waals surface area (Å²) in [5.74, 6) is 0.904. The van der Waals surface area contributed by atoms with E-state index in [0.29, 0.717) is 0 Å². The van der Waals surface area contributed by atoms with Gasteiger partial charge >= 0.3 is 0 Å². The van der Waals surface area contributed by atoms with E-state index in [9.17, 15) is 0 Å². The molecule has 0 heterocycles. The van der Waals surface area contributed by atoms with Crippen molar-refractivity contribution in [2.24, 2.45) is 5.92 Å². The molecule has 0 saturated carbocycles. The second kappa shape index (κ2) is 43.0. The molecule has 0 rings (SSSR count). The molecule has 0 aromatic heterocycles. The lowest BCUT2D eigenvalue weighted by Gasteiger charge is -2.14. The van der Waals surface area contributed by atoms with Gasteiger partial charge in [0.1, 0.15) is 0 Å². The molecule has 0 aliphatic rings. The molecule has 0 nitrogen and oxygen atoms in total. The van der Waals surface area contributed by atoms with E-state index in [2.05, 4.69) is 20.8 Å². The molecule has 46 heavy (non-hydrogen) atoms. The van der Waals surface area contributed by atoms with Crippen LogP contribution in [-0.4, -0.2) is 0 Å². The Morgan fingerprint density at radius 1 is 0.239 bits per heavy atom. The van der Waals surface area contributed by atoms with Crippen molar-refractivity contribution in [3.8, 4) is 0 Å². The third-order valence-electron chi connectivity index (χ3n) is 11.1. The van der Waals surface area contributed by atoms with Gasteiger partial charge in [-0.1, -0.05) is 290 Å². The predicted octanol–water partition coefficient (Wildman–Crippen LogP) is 17.9. The fourth-order valence-corrected chi connectivity index (χ4v) is 7.63. The van der Waals surface area contributed by atoms with Crippen LogP contribution in [0.4, 0.5) is 0 Å². The molecular formula is C46H93. The van der Waals surface area contributed by atoms with E-state index in [0.717, 1.165) is 12.3 Å². The molecule has 0 bridgehead atoms. The van der Waals surface area contributed by atoms with E-state index in [-0.39, 0.29) is 0 Å². The van der Waals surface area contributed by atoms with Crippen LogP contribution in [0.1, 0.15) is 284 Å². The average Bonchev–Trinajstić information content (AvgIpc) is 3.07. The molecule has 0 aromatic rings. The summed E-state index contributed by atoms with van der Waals surface area (Å²) in [6.07, 6.45) is 61.5. The summed E-state index contributed by atoms with van der Waals surface area (Å²) in [7, 11) is 0. The van der Waals surface area contributed by atoms with Crippen molar-refractivity contribution in [3.63, 3.8) is 0 Å². The molecule has 0 amide bonds. The summed E-state index contributed by atoms with van der Waals surface area (Å²) in [5.41, 5.74) is 0. The average molecular weight is 646 g/mol. The molecular weight excluding hydrogens is 553 g/mol. The van der Waals surface area contributed by atoms with Crippen LogP contribution in [0.15, 0.2) is 0 Å². The lowest BCUT2D eigenvalue weighted by atomic mass is 9.92. The van der Waals surface area contributed by atoms with Crippen molar-refractivity contribution in [1.82, 2.24) is 0 Å². The Kier molecular flexibility index (Phi) is 43.0. The van der Waals surface area contributed by atoms with Gasteiger partial charge in [0.05, 0.1) is 0 Å². The highest BCUT2D eigenvalue weighted by Crippen LogP contribution is 2.22. The first kappa shape index (κ1) is 46.0. The maximum atomic E-state index is 4.29. The normalized spacial score (nSPS) is 12.3. The molecule has 0 heteroatoms. The smallest absolute Gasteiger partial charge is 0.0414 e. The molecule has 0 fully saturated rings. The molecule has 0 aliphatic carbocycles. The fourth-order valence-electron chi connectivity index (χ4n) is 7.63. The van der Waals surface area contributed by atoms with Crippen molar-refractivity contribution in [3.05, 3.63) is 6.92 Å². The Bertz CT molecular complexity index is 494. The number of rotatable bonds is 42. The Hall–Kier alpha value is 0. The molecule has 0 saturated heterocycles. The fraction of sp³-hybridized carbons (Fsp3) is 0.978. The third kappa shape index (κ3) is 40.2. The summed E-state index contributed by atoms with van der Waals surface area (Å²) in [4.78, 5) is 0. The number of hydrogen-bond acceptors (Lipinski definition) is 0. The largest absolute Gasteiger partial charge is 0.0654 e. The SMILES string of the molecule is [CH2]CC(CCCCCCCCCCCCCCCCCCCCC)CCCCCCCCCCCCCCCCCCCCCC. The van der Waals surface area contributed by atoms with Gasteiger partial charge in [-0.3, -0.25) is 0 Å². The van der Waals surface area contributed by atoms with Gasteiger partial charge in [0.25, 0.3) is 0 Å². The van der Waals surface area contributed by atoms with E-state index in [1.807, 2.05) is 0 Å². The first-order chi connectivity index (χ1) is 22.8. The highest BCUT2D eigenvalue weighted by molar-refractivity contribution is 4.62. The van der Waals surface area contributed by atoms with Crippen LogP contribution in [-0.2, 0) is 0 Å². The summed E-state index contributed by atoms with van der Waals surface area (Å²) in [5, 5.41) is 0. The Labute approximate surface area is 295 Å². The highest BCUT2D eigenvalue weighted by Gasteiger charge is 2.06. The van der Waals surface area contributed by atoms with Crippen LogP contribution in [0.3, 0.4) is 0 Å². The third-order valence-corrected chi connectivity index (χ3v) is 11.1. The van der Waals surface area contributed by atoms with Crippen molar-refractivity contribution < 1.29 is 0 Å². The van der Waals surface area contributed by atoms with Gasteiger partial charge in [0.15, 0.2) is 0 Å². The van der Waals surface area contributed by atoms with Crippen molar-refractivity contribution in [1.29, 1.82) is 0 Å². The zero-order valence-electron chi connectivity index (χ0n) is 33.0. The zero-order valence-corrected chi connectivity index (χ0v) is 33.0. The predicted molar refractivity (Wildman–Crippen MR) is 214 cm³/mol. The van der Waals surface area contributed by atoms with Crippen LogP contribution in [0.5, 0.6) is 0 Å². The maximum absolute atomic E-state index is 4.29. The van der Waals surface area contributed by atoms with E-state index in [1.165, 1.54) is 263 Å². The summed E-state index contributed by atoms with van der Waals surface area (Å²) >= 11 is 0. The molecule has 0 aromatic carbocycles. The molecule has 1 atom stereocenters. The highest BCUT2D eigenvalue weighted by atomic mass is 14.1. The van der Waals surface area contributed by atoms with Gasteiger partial charge in [-0.2, -0.15) is 0 Å². The van der Waals surface area contributed by atoms with Crippen molar-refractivity contribution in [2.75, 3.05) is 0 Å².